The monoisotopic (exact) mass is 281 g/mol. The maximum absolute atomic E-state index is 10.6. The van der Waals surface area contributed by atoms with Crippen molar-refractivity contribution >= 4 is 11.4 Å². The molecule has 0 saturated carbocycles. The van der Waals surface area contributed by atoms with Crippen molar-refractivity contribution in [3.63, 3.8) is 0 Å². The minimum atomic E-state index is -0.473. The molecule has 20 heavy (non-hydrogen) atoms. The number of nitrogens with two attached hydrogens (primary N) is 1. The number of rotatable bonds is 7. The number of non-ortho nitro benzene ring substituents is 1. The number of nitro benzene ring substituents is 1. The highest BCUT2D eigenvalue weighted by Crippen LogP contribution is 2.26. The van der Waals surface area contributed by atoms with E-state index in [4.69, 9.17) is 10.5 Å². The van der Waals surface area contributed by atoms with Crippen LogP contribution in [0.5, 0.6) is 5.75 Å². The Balaban J connectivity index is 2.60. The maximum atomic E-state index is 10.6. The largest absolute Gasteiger partial charge is 0.490 e. The third-order valence-corrected chi connectivity index (χ3v) is 3.14. The van der Waals surface area contributed by atoms with Crippen molar-refractivity contribution in [2.75, 3.05) is 18.9 Å². The molecule has 0 aliphatic heterocycles. The van der Waals surface area contributed by atoms with Crippen molar-refractivity contribution in [3.8, 4) is 5.75 Å². The highest BCUT2D eigenvalue weighted by molar-refractivity contribution is 5.58. The van der Waals surface area contributed by atoms with E-state index < -0.39 is 4.92 Å². The Morgan fingerprint density at radius 1 is 1.30 bits per heavy atom. The van der Waals surface area contributed by atoms with Gasteiger partial charge in [0.05, 0.1) is 10.6 Å². The number of nitrogens with zero attached hydrogens (tertiary/aromatic N) is 2. The summed E-state index contributed by atoms with van der Waals surface area (Å²) in [6, 6.07) is 5.13. The van der Waals surface area contributed by atoms with E-state index in [-0.39, 0.29) is 5.69 Å². The molecule has 0 fully saturated rings. The van der Waals surface area contributed by atoms with Crippen LogP contribution >= 0.6 is 0 Å². The summed E-state index contributed by atoms with van der Waals surface area (Å²) in [5.74, 6) is 0.489. The van der Waals surface area contributed by atoms with Gasteiger partial charge in [-0.05, 0) is 33.8 Å². The van der Waals surface area contributed by atoms with Crippen LogP contribution in [0, 0.1) is 10.1 Å². The van der Waals surface area contributed by atoms with Crippen LogP contribution < -0.4 is 10.5 Å². The van der Waals surface area contributed by atoms with Crippen molar-refractivity contribution in [1.29, 1.82) is 0 Å². The Kier molecular flexibility index (Phi) is 5.76. The zero-order chi connectivity index (χ0) is 15.3. The van der Waals surface area contributed by atoms with Gasteiger partial charge in [0.2, 0.25) is 0 Å². The molecule has 0 amide bonds. The third-order valence-electron chi connectivity index (χ3n) is 3.14. The van der Waals surface area contributed by atoms with Gasteiger partial charge < -0.3 is 10.5 Å². The molecule has 1 rings (SSSR count). The van der Waals surface area contributed by atoms with Crippen LogP contribution in [-0.4, -0.2) is 35.1 Å². The number of nitrogen functional groups attached to an aromatic ring is 1. The summed E-state index contributed by atoms with van der Waals surface area (Å²) in [6.07, 6.45) is 0. The topological polar surface area (TPSA) is 81.6 Å². The van der Waals surface area contributed by atoms with Gasteiger partial charge >= 0.3 is 0 Å². The summed E-state index contributed by atoms with van der Waals surface area (Å²) in [6.45, 7) is 9.84. The lowest BCUT2D eigenvalue weighted by molar-refractivity contribution is -0.384. The summed E-state index contributed by atoms with van der Waals surface area (Å²) < 4.78 is 5.61. The Labute approximate surface area is 119 Å². The van der Waals surface area contributed by atoms with Gasteiger partial charge in [-0.1, -0.05) is 0 Å². The lowest BCUT2D eigenvalue weighted by Gasteiger charge is -2.30. The Morgan fingerprint density at radius 2 is 1.90 bits per heavy atom. The molecule has 0 aliphatic rings. The maximum Gasteiger partial charge on any atom is 0.271 e. The van der Waals surface area contributed by atoms with Crippen LogP contribution in [0.1, 0.15) is 27.7 Å². The fourth-order valence-corrected chi connectivity index (χ4v) is 2.15. The van der Waals surface area contributed by atoms with Gasteiger partial charge in [0, 0.05) is 30.8 Å². The molecular weight excluding hydrogens is 258 g/mol. The van der Waals surface area contributed by atoms with E-state index in [1.807, 2.05) is 0 Å². The van der Waals surface area contributed by atoms with Gasteiger partial charge in [-0.15, -0.1) is 0 Å². The van der Waals surface area contributed by atoms with Crippen molar-refractivity contribution in [3.05, 3.63) is 28.3 Å². The van der Waals surface area contributed by atoms with Gasteiger partial charge in [0.15, 0.2) is 0 Å². The van der Waals surface area contributed by atoms with E-state index >= 15 is 0 Å². The molecular formula is C14H23N3O3. The minimum Gasteiger partial charge on any atom is -0.490 e. The number of anilines is 1. The number of hydrogen-bond acceptors (Lipinski definition) is 5. The Bertz CT molecular complexity index is 453. The van der Waals surface area contributed by atoms with Crippen LogP contribution in [0.25, 0.3) is 0 Å². The van der Waals surface area contributed by atoms with Crippen molar-refractivity contribution in [1.82, 2.24) is 4.90 Å². The first-order valence-electron chi connectivity index (χ1n) is 6.75. The van der Waals surface area contributed by atoms with E-state index in [0.29, 0.717) is 30.1 Å². The molecule has 0 unspecified atom stereocenters. The molecule has 6 nitrogen and oxygen atoms in total. The first kappa shape index (κ1) is 16.2. The average Bonchev–Trinajstić information content (AvgIpc) is 2.34. The molecule has 112 valence electrons. The van der Waals surface area contributed by atoms with E-state index in [0.717, 1.165) is 6.54 Å². The minimum absolute atomic E-state index is 0.0270. The fourth-order valence-electron chi connectivity index (χ4n) is 2.15. The second-order valence-electron chi connectivity index (χ2n) is 5.25. The normalized spacial score (nSPS) is 11.3. The van der Waals surface area contributed by atoms with Crippen LogP contribution in [0.3, 0.4) is 0 Å². The van der Waals surface area contributed by atoms with Crippen molar-refractivity contribution in [2.24, 2.45) is 0 Å². The van der Waals surface area contributed by atoms with E-state index in [1.54, 1.807) is 6.07 Å². The van der Waals surface area contributed by atoms with E-state index in [2.05, 4.69) is 32.6 Å². The average molecular weight is 281 g/mol. The highest BCUT2D eigenvalue weighted by Gasteiger charge is 2.14. The van der Waals surface area contributed by atoms with Gasteiger partial charge in [-0.2, -0.15) is 0 Å². The molecule has 0 saturated heterocycles. The third kappa shape index (κ3) is 4.38. The zero-order valence-corrected chi connectivity index (χ0v) is 12.5. The number of ether oxygens (including phenoxy) is 1. The summed E-state index contributed by atoms with van der Waals surface area (Å²) in [4.78, 5) is 12.5. The smallest absolute Gasteiger partial charge is 0.271 e. The number of benzene rings is 1. The van der Waals surface area contributed by atoms with Crippen LogP contribution in [0.15, 0.2) is 18.2 Å². The quantitative estimate of drug-likeness (QED) is 0.472. The Hall–Kier alpha value is -1.82. The molecule has 1 aromatic carbocycles. The molecule has 6 heteroatoms. The standard InChI is InChI=1S/C14H23N3O3/c1-10(2)16(11(3)4)7-8-20-14-6-5-12(17(18)19)9-13(14)15/h5-6,9-11H,7-8,15H2,1-4H3. The summed E-state index contributed by atoms with van der Waals surface area (Å²) in [7, 11) is 0. The molecule has 0 aromatic heterocycles. The zero-order valence-electron chi connectivity index (χ0n) is 12.5. The molecule has 0 aliphatic carbocycles. The molecule has 0 radical (unpaired) electrons. The molecule has 1 aromatic rings. The van der Waals surface area contributed by atoms with Crippen LogP contribution in [0.2, 0.25) is 0 Å². The second kappa shape index (κ2) is 7.09. The first-order valence-corrected chi connectivity index (χ1v) is 6.75. The first-order chi connectivity index (χ1) is 9.32. The lowest BCUT2D eigenvalue weighted by Crippen LogP contribution is -2.39. The highest BCUT2D eigenvalue weighted by atomic mass is 16.6. The fraction of sp³-hybridized carbons (Fsp3) is 0.571. The number of nitro groups is 1. The molecule has 0 bridgehead atoms. The van der Waals surface area contributed by atoms with Crippen LogP contribution in [0.4, 0.5) is 11.4 Å². The molecule has 2 N–H and O–H groups in total. The van der Waals surface area contributed by atoms with Crippen molar-refractivity contribution in [2.45, 2.75) is 39.8 Å². The second-order valence-corrected chi connectivity index (χ2v) is 5.25. The predicted molar refractivity (Wildman–Crippen MR) is 80.0 cm³/mol. The molecule has 0 heterocycles. The SMILES string of the molecule is CC(C)N(CCOc1ccc([N+](=O)[O-])cc1N)C(C)C. The van der Waals surface area contributed by atoms with Crippen LogP contribution in [-0.2, 0) is 0 Å². The lowest BCUT2D eigenvalue weighted by atomic mass is 10.2. The van der Waals surface area contributed by atoms with E-state index in [1.165, 1.54) is 12.1 Å². The van der Waals surface area contributed by atoms with E-state index in [9.17, 15) is 10.1 Å². The predicted octanol–water partition coefficient (Wildman–Crippen LogP) is 2.67. The molecule has 0 atom stereocenters. The van der Waals surface area contributed by atoms with Gasteiger partial charge in [-0.25, -0.2) is 0 Å². The van der Waals surface area contributed by atoms with Crippen molar-refractivity contribution < 1.29 is 9.66 Å². The summed E-state index contributed by atoms with van der Waals surface area (Å²) in [5, 5.41) is 10.6. The Morgan fingerprint density at radius 3 is 2.35 bits per heavy atom. The summed E-state index contributed by atoms with van der Waals surface area (Å²) in [5.41, 5.74) is 6.02. The molecule has 0 spiro atoms. The summed E-state index contributed by atoms with van der Waals surface area (Å²) >= 11 is 0. The number of hydrogen-bond donors (Lipinski definition) is 1. The van der Waals surface area contributed by atoms with Gasteiger partial charge in [-0.3, -0.25) is 15.0 Å². The van der Waals surface area contributed by atoms with Gasteiger partial charge in [0.25, 0.3) is 5.69 Å². The van der Waals surface area contributed by atoms with Gasteiger partial charge in [0.1, 0.15) is 12.4 Å².